The Kier molecular flexibility index (Phi) is 26.0. The minimum Gasteiger partial charge on any atom is -0.462 e. The Labute approximate surface area is 194 Å². The van der Waals surface area contributed by atoms with Gasteiger partial charge in [-0.1, -0.05) is 53.4 Å². The maximum Gasteiger partial charge on any atom is 0.314 e. The SMILES string of the molecule is CCCCNC(=O)NCCCC.CCCCNC(=S)NCCCC.O=Cc1ccco1. The van der Waals surface area contributed by atoms with Crippen LogP contribution in [0.15, 0.2) is 22.8 Å². The third-order valence-corrected chi connectivity index (χ3v) is 4.21. The molecule has 1 rings (SSSR count). The molecule has 0 saturated heterocycles. The molecule has 0 saturated carbocycles. The first kappa shape index (κ1) is 31.1. The van der Waals surface area contributed by atoms with Gasteiger partial charge in [0.25, 0.3) is 0 Å². The van der Waals surface area contributed by atoms with Crippen molar-refractivity contribution in [2.75, 3.05) is 26.2 Å². The number of thiocarbonyl (C=S) groups is 1. The third-order valence-electron chi connectivity index (χ3n) is 3.92. The molecule has 4 N–H and O–H groups in total. The van der Waals surface area contributed by atoms with Crippen LogP contribution >= 0.6 is 12.2 Å². The number of hydrogen-bond donors (Lipinski definition) is 4. The van der Waals surface area contributed by atoms with E-state index in [1.54, 1.807) is 12.1 Å². The van der Waals surface area contributed by atoms with Crippen molar-refractivity contribution in [3.05, 3.63) is 24.2 Å². The number of furan rings is 1. The van der Waals surface area contributed by atoms with Gasteiger partial charge in [0.05, 0.1) is 6.26 Å². The molecule has 0 spiro atoms. The number of hydrogen-bond acceptors (Lipinski definition) is 4. The smallest absolute Gasteiger partial charge is 0.314 e. The van der Waals surface area contributed by atoms with E-state index in [0.717, 1.165) is 57.0 Å². The molecule has 0 aromatic carbocycles. The summed E-state index contributed by atoms with van der Waals surface area (Å²) >= 11 is 5.06. The van der Waals surface area contributed by atoms with Crippen molar-refractivity contribution in [1.29, 1.82) is 0 Å². The van der Waals surface area contributed by atoms with Crippen molar-refractivity contribution in [2.45, 2.75) is 79.1 Å². The molecule has 1 aromatic rings. The van der Waals surface area contributed by atoms with Gasteiger partial charge in [-0.05, 0) is 50.0 Å². The Morgan fingerprint density at radius 2 is 1.26 bits per heavy atom. The topological polar surface area (TPSA) is 95.4 Å². The zero-order valence-electron chi connectivity index (χ0n) is 19.9. The molecule has 180 valence electrons. The average Bonchev–Trinajstić information content (AvgIpc) is 3.30. The molecule has 0 atom stereocenters. The first-order valence-electron chi connectivity index (χ1n) is 11.6. The highest BCUT2D eigenvalue weighted by Crippen LogP contribution is 1.92. The highest BCUT2D eigenvalue weighted by Gasteiger charge is 1.95. The van der Waals surface area contributed by atoms with Crippen LogP contribution in [0.1, 0.15) is 89.6 Å². The molecule has 0 radical (unpaired) electrons. The second kappa shape index (κ2) is 25.9. The van der Waals surface area contributed by atoms with Crippen LogP contribution in [0.2, 0.25) is 0 Å². The lowest BCUT2D eigenvalue weighted by Crippen LogP contribution is -2.36. The summed E-state index contributed by atoms with van der Waals surface area (Å²) in [5.41, 5.74) is 0. The van der Waals surface area contributed by atoms with Crippen molar-refractivity contribution >= 4 is 29.6 Å². The number of carbonyl (C=O) groups is 2. The second-order valence-corrected chi connectivity index (χ2v) is 7.32. The maximum atomic E-state index is 11.0. The molecule has 7 nitrogen and oxygen atoms in total. The molecule has 8 heteroatoms. The fraction of sp³-hybridized carbons (Fsp3) is 0.696. The summed E-state index contributed by atoms with van der Waals surface area (Å²) in [7, 11) is 0. The van der Waals surface area contributed by atoms with E-state index in [9.17, 15) is 9.59 Å². The van der Waals surface area contributed by atoms with Gasteiger partial charge in [-0.15, -0.1) is 0 Å². The van der Waals surface area contributed by atoms with Gasteiger partial charge in [0.1, 0.15) is 0 Å². The van der Waals surface area contributed by atoms with Gasteiger partial charge < -0.3 is 25.7 Å². The first-order valence-corrected chi connectivity index (χ1v) is 12.0. The van der Waals surface area contributed by atoms with Gasteiger partial charge in [0.15, 0.2) is 17.2 Å². The standard InChI is InChI=1S/C9H20N2O.C9H20N2S.C5H4O2/c2*1-3-5-7-10-9(12)11-8-6-4-2;6-4-5-2-1-3-7-5/h2*3-8H2,1-2H3,(H2,10,11,12);1-4H. The number of carbonyl (C=O) groups excluding carboxylic acids is 2. The van der Waals surface area contributed by atoms with Crippen molar-refractivity contribution < 1.29 is 14.0 Å². The van der Waals surface area contributed by atoms with E-state index < -0.39 is 0 Å². The lowest BCUT2D eigenvalue weighted by atomic mass is 10.3. The van der Waals surface area contributed by atoms with Crippen LogP contribution in [0.4, 0.5) is 4.79 Å². The molecule has 0 aliphatic heterocycles. The second-order valence-electron chi connectivity index (χ2n) is 6.91. The van der Waals surface area contributed by atoms with Crippen LogP contribution in [-0.2, 0) is 0 Å². The number of unbranched alkanes of at least 4 members (excludes halogenated alkanes) is 4. The van der Waals surface area contributed by atoms with Gasteiger partial charge >= 0.3 is 6.03 Å². The van der Waals surface area contributed by atoms with Crippen molar-refractivity contribution in [3.63, 3.8) is 0 Å². The van der Waals surface area contributed by atoms with E-state index in [1.165, 1.54) is 31.9 Å². The van der Waals surface area contributed by atoms with E-state index in [1.807, 2.05) is 0 Å². The summed E-state index contributed by atoms with van der Waals surface area (Å²) in [5, 5.41) is 12.7. The Balaban J connectivity index is 0. The Morgan fingerprint density at radius 3 is 1.55 bits per heavy atom. The van der Waals surface area contributed by atoms with Crippen molar-refractivity contribution in [1.82, 2.24) is 21.3 Å². The molecule has 0 unspecified atom stereocenters. The van der Waals surface area contributed by atoms with Gasteiger partial charge in [-0.3, -0.25) is 4.79 Å². The fourth-order valence-electron chi connectivity index (χ4n) is 2.00. The van der Waals surface area contributed by atoms with Crippen LogP contribution in [0.3, 0.4) is 0 Å². The minimum absolute atomic E-state index is 0.0306. The molecule has 0 fully saturated rings. The molecule has 0 aliphatic rings. The molecule has 31 heavy (non-hydrogen) atoms. The predicted molar refractivity (Wildman–Crippen MR) is 134 cm³/mol. The number of nitrogens with one attached hydrogen (secondary N) is 4. The van der Waals surface area contributed by atoms with Crippen LogP contribution in [-0.4, -0.2) is 43.6 Å². The number of aldehydes is 1. The molecular formula is C23H44N4O3S. The van der Waals surface area contributed by atoms with Gasteiger partial charge in [-0.25, -0.2) is 4.79 Å². The average molecular weight is 457 g/mol. The summed E-state index contributed by atoms with van der Waals surface area (Å²) in [6, 6.07) is 3.24. The maximum absolute atomic E-state index is 11.0. The van der Waals surface area contributed by atoms with Crippen LogP contribution in [0, 0.1) is 0 Å². The van der Waals surface area contributed by atoms with Crippen LogP contribution in [0.5, 0.6) is 0 Å². The van der Waals surface area contributed by atoms with Gasteiger partial charge in [-0.2, -0.15) is 0 Å². The number of urea groups is 1. The summed E-state index contributed by atoms with van der Waals surface area (Å²) in [6.07, 6.45) is 11.3. The normalized spacial score (nSPS) is 9.29. The highest BCUT2D eigenvalue weighted by atomic mass is 32.1. The van der Waals surface area contributed by atoms with Crippen molar-refractivity contribution in [3.8, 4) is 0 Å². The predicted octanol–water partition coefficient (Wildman–Crippen LogP) is 5.03. The lowest BCUT2D eigenvalue weighted by Gasteiger charge is -2.08. The van der Waals surface area contributed by atoms with Gasteiger partial charge in [0.2, 0.25) is 0 Å². The quantitative estimate of drug-likeness (QED) is 0.189. The Morgan fingerprint density at radius 1 is 0.839 bits per heavy atom. The van der Waals surface area contributed by atoms with Crippen LogP contribution in [0.25, 0.3) is 0 Å². The zero-order chi connectivity index (χ0) is 23.6. The largest absolute Gasteiger partial charge is 0.462 e. The summed E-state index contributed by atoms with van der Waals surface area (Å²) in [5.74, 6) is 0.375. The zero-order valence-corrected chi connectivity index (χ0v) is 20.7. The molecule has 0 aliphatic carbocycles. The van der Waals surface area contributed by atoms with E-state index in [0.29, 0.717) is 12.0 Å². The molecule has 1 heterocycles. The minimum atomic E-state index is -0.0306. The number of rotatable bonds is 13. The Bertz CT molecular complexity index is 473. The highest BCUT2D eigenvalue weighted by molar-refractivity contribution is 7.80. The summed E-state index contributed by atoms with van der Waals surface area (Å²) < 4.78 is 4.61. The third kappa shape index (κ3) is 25.9. The van der Waals surface area contributed by atoms with E-state index in [-0.39, 0.29) is 6.03 Å². The monoisotopic (exact) mass is 456 g/mol. The Hall–Kier alpha value is -2.09. The summed E-state index contributed by atoms with van der Waals surface area (Å²) in [6.45, 7) is 12.1. The van der Waals surface area contributed by atoms with E-state index in [4.69, 9.17) is 12.2 Å². The lowest BCUT2D eigenvalue weighted by molar-refractivity contribution is 0.110. The summed E-state index contributed by atoms with van der Waals surface area (Å²) in [4.78, 5) is 20.7. The van der Waals surface area contributed by atoms with E-state index in [2.05, 4.69) is 53.4 Å². The van der Waals surface area contributed by atoms with Gasteiger partial charge in [0, 0.05) is 26.2 Å². The van der Waals surface area contributed by atoms with Crippen LogP contribution < -0.4 is 21.3 Å². The van der Waals surface area contributed by atoms with E-state index >= 15 is 0 Å². The first-order chi connectivity index (χ1) is 15.0. The number of amides is 2. The molecule has 0 bridgehead atoms. The van der Waals surface area contributed by atoms with Crippen molar-refractivity contribution in [2.24, 2.45) is 0 Å². The fourth-order valence-corrected chi connectivity index (χ4v) is 2.20. The molecule has 2 amide bonds. The molecular weight excluding hydrogens is 412 g/mol. The molecule has 1 aromatic heterocycles.